The third-order valence-electron chi connectivity index (χ3n) is 3.27. The van der Waals surface area contributed by atoms with Crippen LogP contribution in [0.15, 0.2) is 33.2 Å². The number of hydrogen-bond acceptors (Lipinski definition) is 4. The highest BCUT2D eigenvalue weighted by Crippen LogP contribution is 2.23. The molecule has 2 rings (SSSR count). The first-order valence-electron chi connectivity index (χ1n) is 6.71. The Labute approximate surface area is 147 Å². The predicted molar refractivity (Wildman–Crippen MR) is 89.7 cm³/mol. The van der Waals surface area contributed by atoms with E-state index in [9.17, 15) is 9.59 Å². The van der Waals surface area contributed by atoms with Crippen LogP contribution in [-0.4, -0.2) is 30.9 Å². The van der Waals surface area contributed by atoms with Crippen molar-refractivity contribution in [1.29, 1.82) is 0 Å². The molecular formula is C16H15BrClNO4. The lowest BCUT2D eigenvalue weighted by Crippen LogP contribution is -2.26. The normalized spacial score (nSPS) is 10.5. The van der Waals surface area contributed by atoms with Crippen molar-refractivity contribution in [2.45, 2.75) is 13.5 Å². The number of carbonyl (C=O) groups is 2. The molecule has 1 heterocycles. The standard InChI is InChI=1S/C16H15BrClNO4/c1-9-12(16(21)22-3)7-11(23-9)8-19(2)15(20)13-6-10(17)4-5-14(13)18/h4-7H,8H2,1-3H3. The fourth-order valence-corrected chi connectivity index (χ4v) is 2.67. The summed E-state index contributed by atoms with van der Waals surface area (Å²) in [5.41, 5.74) is 0.740. The number of ether oxygens (including phenoxy) is 1. The van der Waals surface area contributed by atoms with Gasteiger partial charge in [0.15, 0.2) is 0 Å². The Morgan fingerprint density at radius 3 is 2.65 bits per heavy atom. The molecule has 122 valence electrons. The highest BCUT2D eigenvalue weighted by Gasteiger charge is 2.20. The van der Waals surface area contributed by atoms with Crippen LogP contribution in [0.2, 0.25) is 5.02 Å². The second-order valence-electron chi connectivity index (χ2n) is 4.96. The zero-order chi connectivity index (χ0) is 17.1. The van der Waals surface area contributed by atoms with Crippen LogP contribution in [0, 0.1) is 6.92 Å². The molecule has 5 nitrogen and oxygen atoms in total. The molecule has 0 radical (unpaired) electrons. The first-order chi connectivity index (χ1) is 10.8. The fraction of sp³-hybridized carbons (Fsp3) is 0.250. The maximum Gasteiger partial charge on any atom is 0.341 e. The second-order valence-corrected chi connectivity index (χ2v) is 6.28. The minimum absolute atomic E-state index is 0.208. The van der Waals surface area contributed by atoms with E-state index in [0.717, 1.165) is 4.47 Å². The molecule has 0 N–H and O–H groups in total. The molecule has 23 heavy (non-hydrogen) atoms. The number of hydrogen-bond donors (Lipinski definition) is 0. The van der Waals surface area contributed by atoms with E-state index in [0.29, 0.717) is 27.7 Å². The third kappa shape index (κ3) is 3.95. The summed E-state index contributed by atoms with van der Waals surface area (Å²) in [6.07, 6.45) is 0. The van der Waals surface area contributed by atoms with Gasteiger partial charge in [-0.3, -0.25) is 4.79 Å². The van der Waals surface area contributed by atoms with Gasteiger partial charge in [-0.1, -0.05) is 27.5 Å². The molecule has 0 aliphatic carbocycles. The molecule has 0 bridgehead atoms. The Balaban J connectivity index is 2.18. The van der Waals surface area contributed by atoms with E-state index in [1.54, 1.807) is 38.2 Å². The maximum absolute atomic E-state index is 12.5. The van der Waals surface area contributed by atoms with Crippen LogP contribution in [0.1, 0.15) is 32.2 Å². The van der Waals surface area contributed by atoms with Crippen LogP contribution in [0.4, 0.5) is 0 Å². The van der Waals surface area contributed by atoms with Gasteiger partial charge >= 0.3 is 5.97 Å². The molecule has 1 amide bonds. The number of carbonyl (C=O) groups excluding carboxylic acids is 2. The fourth-order valence-electron chi connectivity index (χ4n) is 2.11. The van der Waals surface area contributed by atoms with Crippen molar-refractivity contribution in [2.75, 3.05) is 14.2 Å². The Bertz CT molecular complexity index is 757. The number of nitrogens with zero attached hydrogens (tertiary/aromatic N) is 1. The third-order valence-corrected chi connectivity index (χ3v) is 4.10. The quantitative estimate of drug-likeness (QED) is 0.726. The van der Waals surface area contributed by atoms with Crippen molar-refractivity contribution in [3.8, 4) is 0 Å². The summed E-state index contributed by atoms with van der Waals surface area (Å²) >= 11 is 9.39. The van der Waals surface area contributed by atoms with Crippen molar-refractivity contribution in [3.05, 3.63) is 56.4 Å². The van der Waals surface area contributed by atoms with Gasteiger partial charge in [-0.15, -0.1) is 0 Å². The summed E-state index contributed by atoms with van der Waals surface area (Å²) in [6, 6.07) is 6.65. The first-order valence-corrected chi connectivity index (χ1v) is 7.88. The van der Waals surface area contributed by atoms with Crippen molar-refractivity contribution in [2.24, 2.45) is 0 Å². The van der Waals surface area contributed by atoms with Crippen LogP contribution in [0.25, 0.3) is 0 Å². The monoisotopic (exact) mass is 399 g/mol. The van der Waals surface area contributed by atoms with Crippen molar-refractivity contribution in [1.82, 2.24) is 4.90 Å². The smallest absolute Gasteiger partial charge is 0.341 e. The number of esters is 1. The zero-order valence-electron chi connectivity index (χ0n) is 12.9. The van der Waals surface area contributed by atoms with Crippen LogP contribution >= 0.6 is 27.5 Å². The van der Waals surface area contributed by atoms with E-state index in [1.807, 2.05) is 0 Å². The van der Waals surface area contributed by atoms with Crippen molar-refractivity contribution < 1.29 is 18.7 Å². The van der Waals surface area contributed by atoms with Crippen LogP contribution in [0.5, 0.6) is 0 Å². The molecule has 0 aliphatic rings. The maximum atomic E-state index is 12.5. The molecule has 0 saturated carbocycles. The highest BCUT2D eigenvalue weighted by atomic mass is 79.9. The average Bonchev–Trinajstić information content (AvgIpc) is 2.88. The minimum atomic E-state index is -0.471. The Hall–Kier alpha value is -1.79. The molecule has 7 heteroatoms. The lowest BCUT2D eigenvalue weighted by molar-refractivity contribution is 0.0598. The number of rotatable bonds is 4. The van der Waals surface area contributed by atoms with Crippen LogP contribution in [-0.2, 0) is 11.3 Å². The minimum Gasteiger partial charge on any atom is -0.465 e. The first kappa shape index (κ1) is 17.6. The summed E-state index contributed by atoms with van der Waals surface area (Å²) in [7, 11) is 2.94. The largest absolute Gasteiger partial charge is 0.465 e. The second kappa shape index (κ2) is 7.19. The topological polar surface area (TPSA) is 59.8 Å². The molecular weight excluding hydrogens is 386 g/mol. The van der Waals surface area contributed by atoms with Crippen molar-refractivity contribution in [3.63, 3.8) is 0 Å². The molecule has 0 spiro atoms. The predicted octanol–water partition coefficient (Wildman–Crippen LogP) is 4.06. The van der Waals surface area contributed by atoms with Gasteiger partial charge in [0.2, 0.25) is 0 Å². The van der Waals surface area contributed by atoms with Crippen LogP contribution < -0.4 is 0 Å². The van der Waals surface area contributed by atoms with E-state index in [4.69, 9.17) is 16.0 Å². The highest BCUT2D eigenvalue weighted by molar-refractivity contribution is 9.10. The van der Waals surface area contributed by atoms with Crippen molar-refractivity contribution >= 4 is 39.4 Å². The molecule has 1 aromatic carbocycles. The van der Waals surface area contributed by atoms with E-state index < -0.39 is 5.97 Å². The molecule has 2 aromatic rings. The molecule has 1 aromatic heterocycles. The van der Waals surface area contributed by atoms with Gasteiger partial charge in [0.25, 0.3) is 5.91 Å². The van der Waals surface area contributed by atoms with E-state index in [2.05, 4.69) is 20.7 Å². The zero-order valence-corrected chi connectivity index (χ0v) is 15.2. The summed E-state index contributed by atoms with van der Waals surface area (Å²) in [5, 5.41) is 0.371. The van der Waals surface area contributed by atoms with Gasteiger partial charge < -0.3 is 14.1 Å². The number of furan rings is 1. The number of halogens is 2. The van der Waals surface area contributed by atoms with E-state index in [-0.39, 0.29) is 12.5 Å². The molecule has 0 atom stereocenters. The SMILES string of the molecule is COC(=O)c1cc(CN(C)C(=O)c2cc(Br)ccc2Cl)oc1C. The number of benzene rings is 1. The molecule has 0 aliphatic heterocycles. The van der Waals surface area contributed by atoms with Gasteiger partial charge in [0, 0.05) is 11.5 Å². The molecule has 0 fully saturated rings. The van der Waals surface area contributed by atoms with E-state index in [1.165, 1.54) is 12.0 Å². The number of aryl methyl sites for hydroxylation is 1. The van der Waals surface area contributed by atoms with Gasteiger partial charge in [0.1, 0.15) is 17.1 Å². The Morgan fingerprint density at radius 1 is 1.30 bits per heavy atom. The summed E-state index contributed by atoms with van der Waals surface area (Å²) in [4.78, 5) is 25.5. The van der Waals surface area contributed by atoms with Gasteiger partial charge in [-0.05, 0) is 31.2 Å². The van der Waals surface area contributed by atoms with Gasteiger partial charge in [-0.2, -0.15) is 0 Å². The molecule has 0 saturated heterocycles. The van der Waals surface area contributed by atoms with Gasteiger partial charge in [-0.25, -0.2) is 4.79 Å². The number of methoxy groups -OCH3 is 1. The summed E-state index contributed by atoms with van der Waals surface area (Å²) < 4.78 is 11.0. The summed E-state index contributed by atoms with van der Waals surface area (Å²) in [6.45, 7) is 1.88. The number of amides is 1. The lowest BCUT2D eigenvalue weighted by Gasteiger charge is -2.16. The van der Waals surface area contributed by atoms with Crippen LogP contribution in [0.3, 0.4) is 0 Å². The van der Waals surface area contributed by atoms with Gasteiger partial charge in [0.05, 0.1) is 24.2 Å². The summed E-state index contributed by atoms with van der Waals surface area (Å²) in [5.74, 6) is 0.226. The average molecular weight is 401 g/mol. The van der Waals surface area contributed by atoms with E-state index >= 15 is 0 Å². The Morgan fingerprint density at radius 2 is 2.00 bits per heavy atom. The Kier molecular flexibility index (Phi) is 5.49. The lowest BCUT2D eigenvalue weighted by atomic mass is 10.2. The molecule has 0 unspecified atom stereocenters.